The Kier molecular flexibility index (Phi) is 5.49. The molecule has 0 heterocycles. The molecule has 3 rings (SSSR count). The largest absolute Gasteiger partial charge is 0.497 e. The summed E-state index contributed by atoms with van der Waals surface area (Å²) >= 11 is 3.38. The third kappa shape index (κ3) is 4.36. The molecule has 0 saturated heterocycles. The van der Waals surface area contributed by atoms with Crippen LogP contribution in [0.4, 0.5) is 5.69 Å². The Balaban J connectivity index is 1.91. The van der Waals surface area contributed by atoms with Crippen molar-refractivity contribution in [2.75, 3.05) is 11.8 Å². The second-order valence-corrected chi connectivity index (χ2v) is 7.93. The molecule has 5 nitrogen and oxygen atoms in total. The highest BCUT2D eigenvalue weighted by atomic mass is 79.9. The van der Waals surface area contributed by atoms with Crippen LogP contribution in [0.2, 0.25) is 0 Å². The van der Waals surface area contributed by atoms with E-state index in [0.717, 1.165) is 4.47 Å². The summed E-state index contributed by atoms with van der Waals surface area (Å²) in [5.74, 6) is 1.58. The van der Waals surface area contributed by atoms with E-state index in [0.29, 0.717) is 22.9 Å². The molecule has 7 heteroatoms. The summed E-state index contributed by atoms with van der Waals surface area (Å²) in [7, 11) is -2.24. The van der Waals surface area contributed by atoms with Crippen molar-refractivity contribution < 1.29 is 17.9 Å². The van der Waals surface area contributed by atoms with Crippen molar-refractivity contribution in [3.8, 4) is 17.2 Å². The molecule has 26 heavy (non-hydrogen) atoms. The van der Waals surface area contributed by atoms with Crippen molar-refractivity contribution in [1.82, 2.24) is 0 Å². The number of sulfonamides is 1. The van der Waals surface area contributed by atoms with E-state index in [4.69, 9.17) is 9.47 Å². The Morgan fingerprint density at radius 2 is 1.58 bits per heavy atom. The predicted octanol–water partition coefficient (Wildman–Crippen LogP) is 5.05. The van der Waals surface area contributed by atoms with Gasteiger partial charge in [0.2, 0.25) is 0 Å². The molecule has 0 aliphatic heterocycles. The van der Waals surface area contributed by atoms with E-state index in [9.17, 15) is 8.42 Å². The van der Waals surface area contributed by atoms with Crippen LogP contribution >= 0.6 is 15.9 Å². The van der Waals surface area contributed by atoms with Gasteiger partial charge in [0.05, 0.1) is 17.7 Å². The smallest absolute Gasteiger partial charge is 0.262 e. The Hall–Kier alpha value is -2.51. The number of rotatable bonds is 6. The van der Waals surface area contributed by atoms with Crippen molar-refractivity contribution >= 4 is 31.6 Å². The van der Waals surface area contributed by atoms with Crippen molar-refractivity contribution in [3.63, 3.8) is 0 Å². The van der Waals surface area contributed by atoms with E-state index in [2.05, 4.69) is 20.7 Å². The van der Waals surface area contributed by atoms with Crippen LogP contribution < -0.4 is 14.2 Å². The average molecular weight is 434 g/mol. The number of para-hydroxylation sites is 1. The zero-order valence-electron chi connectivity index (χ0n) is 13.8. The van der Waals surface area contributed by atoms with Crippen LogP contribution in [-0.2, 0) is 10.0 Å². The van der Waals surface area contributed by atoms with Crippen LogP contribution in [0, 0.1) is 0 Å². The zero-order chi connectivity index (χ0) is 18.6. The van der Waals surface area contributed by atoms with E-state index in [1.165, 1.54) is 19.2 Å². The molecule has 0 radical (unpaired) electrons. The second kappa shape index (κ2) is 7.80. The van der Waals surface area contributed by atoms with Gasteiger partial charge >= 0.3 is 0 Å². The van der Waals surface area contributed by atoms with E-state index in [1.54, 1.807) is 42.5 Å². The lowest BCUT2D eigenvalue weighted by atomic mass is 10.3. The summed E-state index contributed by atoms with van der Waals surface area (Å²) in [4.78, 5) is 0.131. The summed E-state index contributed by atoms with van der Waals surface area (Å²) in [6.07, 6.45) is 0. The first-order valence-corrected chi connectivity index (χ1v) is 9.95. The van der Waals surface area contributed by atoms with E-state index >= 15 is 0 Å². The summed E-state index contributed by atoms with van der Waals surface area (Å²) in [6, 6.07) is 20.4. The van der Waals surface area contributed by atoms with Gasteiger partial charge in [0.15, 0.2) is 5.75 Å². The van der Waals surface area contributed by atoms with Crippen molar-refractivity contribution in [3.05, 3.63) is 77.3 Å². The van der Waals surface area contributed by atoms with Gasteiger partial charge in [-0.1, -0.05) is 34.1 Å². The number of anilines is 1. The van der Waals surface area contributed by atoms with Crippen molar-refractivity contribution in [2.45, 2.75) is 4.90 Å². The Labute approximate surface area is 160 Å². The number of hydrogen-bond acceptors (Lipinski definition) is 4. The molecule has 0 amide bonds. The normalized spacial score (nSPS) is 11.0. The van der Waals surface area contributed by atoms with Gasteiger partial charge in [0.25, 0.3) is 10.0 Å². The highest BCUT2D eigenvalue weighted by Gasteiger charge is 2.17. The number of ether oxygens (including phenoxy) is 2. The average Bonchev–Trinajstić information content (AvgIpc) is 2.65. The summed E-state index contributed by atoms with van der Waals surface area (Å²) in [5, 5.41) is 0. The molecule has 0 saturated carbocycles. The molecule has 3 aromatic rings. The Morgan fingerprint density at radius 3 is 2.23 bits per heavy atom. The quantitative estimate of drug-likeness (QED) is 0.590. The van der Waals surface area contributed by atoms with Gasteiger partial charge in [-0.15, -0.1) is 0 Å². The molecule has 0 atom stereocenters. The number of benzene rings is 3. The topological polar surface area (TPSA) is 64.6 Å². The van der Waals surface area contributed by atoms with Crippen LogP contribution in [0.5, 0.6) is 17.2 Å². The standard InChI is InChI=1S/C19H16BrNO4S/c1-24-15-8-10-17(11-9-15)26(22,23)21-18-12-7-14(20)13-19(18)25-16-5-3-2-4-6-16/h2-13,21H,1H3. The molecule has 3 aromatic carbocycles. The second-order valence-electron chi connectivity index (χ2n) is 5.34. The number of nitrogens with one attached hydrogen (secondary N) is 1. The maximum Gasteiger partial charge on any atom is 0.262 e. The first-order valence-electron chi connectivity index (χ1n) is 7.67. The predicted molar refractivity (Wildman–Crippen MR) is 104 cm³/mol. The highest BCUT2D eigenvalue weighted by molar-refractivity contribution is 9.10. The number of hydrogen-bond donors (Lipinski definition) is 1. The van der Waals surface area contributed by atoms with Crippen LogP contribution in [0.25, 0.3) is 0 Å². The van der Waals surface area contributed by atoms with Crippen LogP contribution in [0.15, 0.2) is 82.2 Å². The molecule has 0 aliphatic carbocycles. The fraction of sp³-hybridized carbons (Fsp3) is 0.0526. The van der Waals surface area contributed by atoms with Gasteiger partial charge in [0.1, 0.15) is 11.5 Å². The summed E-state index contributed by atoms with van der Waals surface area (Å²) in [6.45, 7) is 0. The lowest BCUT2D eigenvalue weighted by Crippen LogP contribution is -2.13. The minimum Gasteiger partial charge on any atom is -0.497 e. The van der Waals surface area contributed by atoms with Crippen LogP contribution in [0.3, 0.4) is 0 Å². The van der Waals surface area contributed by atoms with Crippen molar-refractivity contribution in [2.24, 2.45) is 0 Å². The minimum absolute atomic E-state index is 0.131. The number of methoxy groups -OCH3 is 1. The molecule has 0 unspecified atom stereocenters. The molecule has 1 N–H and O–H groups in total. The van der Waals surface area contributed by atoms with Gasteiger partial charge in [-0.05, 0) is 54.6 Å². The zero-order valence-corrected chi connectivity index (χ0v) is 16.2. The van der Waals surface area contributed by atoms with E-state index < -0.39 is 10.0 Å². The summed E-state index contributed by atoms with van der Waals surface area (Å²) < 4.78 is 39.6. The van der Waals surface area contributed by atoms with Crippen LogP contribution in [0.1, 0.15) is 0 Å². The van der Waals surface area contributed by atoms with Crippen molar-refractivity contribution in [1.29, 1.82) is 0 Å². The van der Waals surface area contributed by atoms with Gasteiger partial charge in [0, 0.05) is 4.47 Å². The van der Waals surface area contributed by atoms with E-state index in [-0.39, 0.29) is 4.90 Å². The fourth-order valence-electron chi connectivity index (χ4n) is 2.24. The maximum absolute atomic E-state index is 12.7. The Morgan fingerprint density at radius 1 is 0.885 bits per heavy atom. The summed E-state index contributed by atoms with van der Waals surface area (Å²) in [5.41, 5.74) is 0.341. The van der Waals surface area contributed by atoms with Gasteiger partial charge in [-0.25, -0.2) is 8.42 Å². The SMILES string of the molecule is COc1ccc(S(=O)(=O)Nc2ccc(Br)cc2Oc2ccccc2)cc1. The third-order valence-corrected chi connectivity index (χ3v) is 5.40. The monoisotopic (exact) mass is 433 g/mol. The Bertz CT molecular complexity index is 990. The molecular formula is C19H16BrNO4S. The number of halogens is 1. The third-order valence-electron chi connectivity index (χ3n) is 3.53. The molecular weight excluding hydrogens is 418 g/mol. The molecule has 0 fully saturated rings. The van der Waals surface area contributed by atoms with Gasteiger partial charge in [-0.2, -0.15) is 0 Å². The first-order chi connectivity index (χ1) is 12.5. The molecule has 0 spiro atoms. The highest BCUT2D eigenvalue weighted by Crippen LogP contribution is 2.34. The lowest BCUT2D eigenvalue weighted by Gasteiger charge is -2.14. The van der Waals surface area contributed by atoms with Crippen LogP contribution in [-0.4, -0.2) is 15.5 Å². The van der Waals surface area contributed by atoms with Gasteiger partial charge in [-0.3, -0.25) is 4.72 Å². The van der Waals surface area contributed by atoms with E-state index in [1.807, 2.05) is 18.2 Å². The maximum atomic E-state index is 12.7. The molecule has 134 valence electrons. The minimum atomic E-state index is -3.77. The first kappa shape index (κ1) is 18.3. The molecule has 0 aromatic heterocycles. The fourth-order valence-corrected chi connectivity index (χ4v) is 3.65. The lowest BCUT2D eigenvalue weighted by molar-refractivity contribution is 0.414. The van der Waals surface area contributed by atoms with Gasteiger partial charge < -0.3 is 9.47 Å². The molecule has 0 aliphatic rings. The molecule has 0 bridgehead atoms.